The van der Waals surface area contributed by atoms with Crippen molar-refractivity contribution in [2.45, 2.75) is 83.8 Å². The zero-order valence-electron chi connectivity index (χ0n) is 30.7. The van der Waals surface area contributed by atoms with Crippen molar-refractivity contribution in [3.63, 3.8) is 0 Å². The Labute approximate surface area is 303 Å². The molecule has 7 rings (SSSR count). The lowest BCUT2D eigenvalue weighted by molar-refractivity contribution is -0.138. The number of pyridine rings is 1. The zero-order valence-corrected chi connectivity index (χ0v) is 30.7. The summed E-state index contributed by atoms with van der Waals surface area (Å²) in [5.74, 6) is 2.20. The van der Waals surface area contributed by atoms with Crippen LogP contribution < -0.4 is 16.7 Å². The summed E-state index contributed by atoms with van der Waals surface area (Å²) in [4.78, 5) is 42.7. The monoisotopic (exact) mass is 705 g/mol. The van der Waals surface area contributed by atoms with Crippen LogP contribution in [0.3, 0.4) is 0 Å². The van der Waals surface area contributed by atoms with Gasteiger partial charge >= 0.3 is 0 Å². The van der Waals surface area contributed by atoms with Gasteiger partial charge in [-0.05, 0) is 85.7 Å². The standard InChI is InChI=1S/C40H51N9O3/c1-22(2)32(48-52-5)20-27(8-6-16-41)38-43-31-15-12-26-19-28(21-42-35(26)37(31)46-38)24-10-13-29-25(18-24)11-14-30-36(29)45-39(44-30)33-9-7-17-49(33)40(50)34(47-51)23(3)4/h10-15,18-19,21-23,27,32-34,47-48,51H,6-9,16-17,20,41H2,1-5H3,(H,43,46)(H,44,45)/t27?,32-,33+,34+/m1/s1. The number of hydroxylamine groups is 2. The van der Waals surface area contributed by atoms with Crippen molar-refractivity contribution in [3.8, 4) is 11.1 Å². The van der Waals surface area contributed by atoms with Gasteiger partial charge in [0.15, 0.2) is 0 Å². The first-order valence-electron chi connectivity index (χ1n) is 18.6. The summed E-state index contributed by atoms with van der Waals surface area (Å²) in [6.45, 7) is 9.52. The third-order valence-electron chi connectivity index (χ3n) is 10.8. The summed E-state index contributed by atoms with van der Waals surface area (Å²) < 4.78 is 0. The van der Waals surface area contributed by atoms with Gasteiger partial charge in [0.05, 0.1) is 40.7 Å². The fourth-order valence-corrected chi connectivity index (χ4v) is 7.84. The van der Waals surface area contributed by atoms with E-state index in [1.165, 1.54) is 0 Å². The van der Waals surface area contributed by atoms with E-state index in [1.54, 1.807) is 7.11 Å². The number of carbonyl (C=O) groups is 1. The molecule has 274 valence electrons. The molecule has 1 unspecified atom stereocenters. The highest BCUT2D eigenvalue weighted by Gasteiger charge is 2.36. The van der Waals surface area contributed by atoms with Crippen LogP contribution in [0.5, 0.6) is 0 Å². The van der Waals surface area contributed by atoms with Crippen LogP contribution in [0.1, 0.15) is 83.4 Å². The second kappa shape index (κ2) is 15.3. The van der Waals surface area contributed by atoms with Gasteiger partial charge in [-0.1, -0.05) is 52.0 Å². The van der Waals surface area contributed by atoms with Crippen LogP contribution in [0, 0.1) is 11.8 Å². The number of imidazole rings is 2. The number of hydrogen-bond donors (Lipinski definition) is 6. The number of aromatic nitrogens is 5. The van der Waals surface area contributed by atoms with E-state index >= 15 is 0 Å². The fourth-order valence-electron chi connectivity index (χ4n) is 7.84. The molecule has 0 spiro atoms. The molecule has 4 atom stereocenters. The van der Waals surface area contributed by atoms with Crippen molar-refractivity contribution in [2.24, 2.45) is 17.6 Å². The average molecular weight is 706 g/mol. The molecule has 12 nitrogen and oxygen atoms in total. The predicted molar refractivity (Wildman–Crippen MR) is 206 cm³/mol. The molecule has 0 bridgehead atoms. The third-order valence-corrected chi connectivity index (χ3v) is 10.8. The molecule has 4 heterocycles. The number of benzene rings is 3. The molecule has 0 radical (unpaired) electrons. The van der Waals surface area contributed by atoms with Crippen molar-refractivity contribution in [1.82, 2.24) is 40.8 Å². The van der Waals surface area contributed by atoms with Crippen molar-refractivity contribution < 1.29 is 14.8 Å². The Kier molecular flexibility index (Phi) is 10.5. The second-order valence-electron chi connectivity index (χ2n) is 15.0. The van der Waals surface area contributed by atoms with Crippen molar-refractivity contribution in [2.75, 3.05) is 20.2 Å². The number of hydrogen-bond acceptors (Lipinski definition) is 9. The predicted octanol–water partition coefficient (Wildman–Crippen LogP) is 6.86. The number of nitrogens with zero attached hydrogens (tertiary/aromatic N) is 4. The molecule has 1 saturated heterocycles. The van der Waals surface area contributed by atoms with Crippen molar-refractivity contribution in [1.29, 1.82) is 0 Å². The maximum atomic E-state index is 13.3. The number of nitrogens with one attached hydrogen (secondary N) is 4. The topological polar surface area (TPSA) is 170 Å². The van der Waals surface area contributed by atoms with Gasteiger partial charge in [0, 0.05) is 41.0 Å². The zero-order chi connectivity index (χ0) is 36.5. The Morgan fingerprint density at radius 3 is 2.50 bits per heavy atom. The van der Waals surface area contributed by atoms with Crippen LogP contribution in [0.4, 0.5) is 0 Å². The van der Waals surface area contributed by atoms with Gasteiger partial charge in [-0.15, -0.1) is 0 Å². The van der Waals surface area contributed by atoms with Crippen molar-refractivity contribution in [3.05, 3.63) is 66.4 Å². The number of likely N-dealkylation sites (tertiary alicyclic amines) is 1. The van der Waals surface area contributed by atoms with Gasteiger partial charge in [0.1, 0.15) is 17.7 Å². The molecule has 1 amide bonds. The van der Waals surface area contributed by atoms with Gasteiger partial charge in [-0.3, -0.25) is 9.78 Å². The minimum Gasteiger partial charge on any atom is -0.340 e. The maximum Gasteiger partial charge on any atom is 0.242 e. The highest BCUT2D eigenvalue weighted by molar-refractivity contribution is 6.06. The molecular weight excluding hydrogens is 654 g/mol. The Balaban J connectivity index is 1.17. The lowest BCUT2D eigenvalue weighted by Crippen LogP contribution is -2.48. The molecule has 6 aromatic rings. The first kappa shape index (κ1) is 35.9. The second-order valence-corrected chi connectivity index (χ2v) is 15.0. The normalized spacial score (nSPS) is 17.0. The SMILES string of the molecule is CON[C@H](CC(CCCN)c1nc2ccc3cc(-c4ccc5c(ccc6nc([C@@H]7CCCN7C(=O)[C@@H](NO)C(C)C)[nH]c65)c4)cnc3c2[nH]1)C(C)C. The molecule has 3 aromatic carbocycles. The van der Waals surface area contributed by atoms with Crippen LogP contribution >= 0.6 is 0 Å². The molecule has 1 fully saturated rings. The minimum atomic E-state index is -0.651. The summed E-state index contributed by atoms with van der Waals surface area (Å²) in [6, 6.07) is 16.3. The quantitative estimate of drug-likeness (QED) is 0.0663. The van der Waals surface area contributed by atoms with E-state index in [0.29, 0.717) is 19.0 Å². The molecule has 3 aromatic heterocycles. The highest BCUT2D eigenvalue weighted by Crippen LogP contribution is 2.36. The molecule has 52 heavy (non-hydrogen) atoms. The Morgan fingerprint density at radius 2 is 1.77 bits per heavy atom. The molecule has 7 N–H and O–H groups in total. The van der Waals surface area contributed by atoms with E-state index in [2.05, 4.69) is 77.2 Å². The number of aromatic amines is 2. The maximum absolute atomic E-state index is 13.3. The largest absolute Gasteiger partial charge is 0.340 e. The molecule has 1 aliphatic rings. The Bertz CT molecular complexity index is 2190. The summed E-state index contributed by atoms with van der Waals surface area (Å²) >= 11 is 0. The number of rotatable bonds is 14. The van der Waals surface area contributed by atoms with Gasteiger partial charge in [-0.2, -0.15) is 11.0 Å². The van der Waals surface area contributed by atoms with Crippen molar-refractivity contribution >= 4 is 49.6 Å². The number of amides is 1. The number of carbonyl (C=O) groups excluding carboxylic acids is 1. The summed E-state index contributed by atoms with van der Waals surface area (Å²) in [7, 11) is 1.67. The molecule has 12 heteroatoms. The fraction of sp³-hybridized carbons (Fsp3) is 0.450. The highest BCUT2D eigenvalue weighted by atomic mass is 16.6. The van der Waals surface area contributed by atoms with E-state index in [9.17, 15) is 10.0 Å². The van der Waals surface area contributed by atoms with Gasteiger partial charge in [0.2, 0.25) is 5.91 Å². The van der Waals surface area contributed by atoms with Crippen LogP contribution in [-0.2, 0) is 9.63 Å². The summed E-state index contributed by atoms with van der Waals surface area (Å²) in [5, 5.41) is 12.9. The molecular formula is C40H51N9O3. The molecule has 1 aliphatic heterocycles. The van der Waals surface area contributed by atoms with E-state index in [4.69, 9.17) is 25.5 Å². The number of nitrogens with two attached hydrogens (primary N) is 1. The lowest BCUT2D eigenvalue weighted by atomic mass is 9.89. The van der Waals surface area contributed by atoms with Crippen LogP contribution in [-0.4, -0.2) is 73.2 Å². The number of fused-ring (bicyclic) bond motifs is 6. The van der Waals surface area contributed by atoms with E-state index in [0.717, 1.165) is 98.6 Å². The number of H-pyrrole nitrogens is 2. The third kappa shape index (κ3) is 6.89. The first-order valence-corrected chi connectivity index (χ1v) is 18.6. The van der Waals surface area contributed by atoms with Gasteiger partial charge in [0.25, 0.3) is 0 Å². The minimum absolute atomic E-state index is 0.0405. The Morgan fingerprint density at radius 1 is 1.00 bits per heavy atom. The molecule has 0 saturated carbocycles. The van der Waals surface area contributed by atoms with E-state index in [-0.39, 0.29) is 29.8 Å². The smallest absolute Gasteiger partial charge is 0.242 e. The van der Waals surface area contributed by atoms with Gasteiger partial charge < -0.3 is 30.6 Å². The average Bonchev–Trinajstić information content (AvgIpc) is 3.91. The lowest BCUT2D eigenvalue weighted by Gasteiger charge is -2.28. The van der Waals surface area contributed by atoms with E-state index in [1.807, 2.05) is 31.0 Å². The van der Waals surface area contributed by atoms with E-state index < -0.39 is 6.04 Å². The van der Waals surface area contributed by atoms with Gasteiger partial charge in [-0.25, -0.2) is 9.97 Å². The summed E-state index contributed by atoms with van der Waals surface area (Å²) in [5.41, 5.74) is 18.0. The van der Waals surface area contributed by atoms with Crippen LogP contribution in [0.25, 0.3) is 54.9 Å². The Hall–Kier alpha value is -4.46. The van der Waals surface area contributed by atoms with Crippen LogP contribution in [0.15, 0.2) is 54.7 Å². The first-order chi connectivity index (χ1) is 25.2. The summed E-state index contributed by atoms with van der Waals surface area (Å²) in [6.07, 6.45) is 6.40. The molecule has 0 aliphatic carbocycles. The van der Waals surface area contributed by atoms with Crippen LogP contribution in [0.2, 0.25) is 0 Å².